The zero-order chi connectivity index (χ0) is 36.4. The molecule has 1 aliphatic heterocycles. The van der Waals surface area contributed by atoms with E-state index >= 15 is 0 Å². The van der Waals surface area contributed by atoms with Gasteiger partial charge in [0.05, 0.1) is 13.2 Å². The number of carbonyl (C=O) groups excluding carboxylic acids is 2. The summed E-state index contributed by atoms with van der Waals surface area (Å²) in [5.41, 5.74) is 5.98. The first-order valence-corrected chi connectivity index (χ1v) is 19.6. The second-order valence-corrected chi connectivity index (χ2v) is 17.1. The van der Waals surface area contributed by atoms with E-state index in [9.17, 15) is 9.59 Å². The van der Waals surface area contributed by atoms with Crippen molar-refractivity contribution >= 4 is 29.3 Å². The second-order valence-electron chi connectivity index (χ2n) is 16.1. The number of thioether (sulfide) groups is 1. The van der Waals surface area contributed by atoms with E-state index in [0.717, 1.165) is 59.1 Å². The highest BCUT2D eigenvalue weighted by Gasteiger charge is 2.56. The van der Waals surface area contributed by atoms with Crippen LogP contribution in [-0.4, -0.2) is 93.2 Å². The normalized spacial score (nSPS) is 24.5. The van der Waals surface area contributed by atoms with Gasteiger partial charge in [0.25, 0.3) is 5.91 Å². The van der Waals surface area contributed by atoms with Gasteiger partial charge in [0.1, 0.15) is 5.75 Å². The predicted molar refractivity (Wildman–Crippen MR) is 210 cm³/mol. The van der Waals surface area contributed by atoms with Crippen LogP contribution in [0.2, 0.25) is 0 Å². The van der Waals surface area contributed by atoms with Gasteiger partial charge < -0.3 is 25.2 Å². The highest BCUT2D eigenvalue weighted by Crippen LogP contribution is 2.61. The first-order chi connectivity index (χ1) is 24.3. The number of methoxy groups -OCH3 is 1. The molecule has 4 aliphatic rings. The van der Waals surface area contributed by atoms with Crippen LogP contribution in [-0.2, 0) is 17.8 Å². The van der Waals surface area contributed by atoms with Crippen molar-refractivity contribution in [3.05, 3.63) is 83.4 Å². The smallest absolute Gasteiger partial charge is 0.251 e. The second kappa shape index (κ2) is 15.6. The Bertz CT molecular complexity index is 1690. The van der Waals surface area contributed by atoms with Crippen molar-refractivity contribution < 1.29 is 14.3 Å². The van der Waals surface area contributed by atoms with Crippen molar-refractivity contribution in [1.29, 1.82) is 0 Å². The van der Waals surface area contributed by atoms with Gasteiger partial charge >= 0.3 is 0 Å². The molecule has 3 aliphatic carbocycles. The number of hydrogen-bond donors (Lipinski definition) is 2. The van der Waals surface area contributed by atoms with Crippen molar-refractivity contribution in [2.24, 2.45) is 23.2 Å². The molecule has 274 valence electrons. The molecule has 2 N–H and O–H groups in total. The van der Waals surface area contributed by atoms with E-state index in [1.165, 1.54) is 12.0 Å². The molecule has 9 heteroatoms. The lowest BCUT2D eigenvalue weighted by Crippen LogP contribution is -2.62. The molecule has 3 aromatic rings. The van der Waals surface area contributed by atoms with Gasteiger partial charge in [-0.1, -0.05) is 69.3 Å². The summed E-state index contributed by atoms with van der Waals surface area (Å²) in [5, 5.41) is 6.82. The van der Waals surface area contributed by atoms with Crippen molar-refractivity contribution in [3.63, 3.8) is 0 Å². The van der Waals surface area contributed by atoms with Crippen LogP contribution in [0.4, 0.5) is 5.69 Å². The average Bonchev–Trinajstić information content (AvgIpc) is 3.57. The Labute approximate surface area is 309 Å². The number of para-hydroxylation sites is 1. The predicted octanol–water partition coefficient (Wildman–Crippen LogP) is 6.39. The Kier molecular flexibility index (Phi) is 11.4. The minimum atomic E-state index is -0.180. The molecule has 1 heterocycles. The number of amides is 2. The van der Waals surface area contributed by atoms with Crippen LogP contribution >= 0.6 is 11.8 Å². The monoisotopic (exact) mass is 711 g/mol. The summed E-state index contributed by atoms with van der Waals surface area (Å²) < 4.78 is 6.13. The number of carbonyl (C=O) groups is 2. The topological polar surface area (TPSA) is 77.1 Å². The lowest BCUT2D eigenvalue weighted by atomic mass is 9.45. The van der Waals surface area contributed by atoms with Crippen LogP contribution < -0.4 is 20.3 Å². The number of hydrogen-bond acceptors (Lipinski definition) is 7. The number of fused-ring (bicyclic) bond motifs is 2. The molecule has 7 rings (SSSR count). The van der Waals surface area contributed by atoms with Crippen LogP contribution in [0.15, 0.2) is 66.7 Å². The molecule has 4 fully saturated rings. The fraction of sp³-hybridized carbons (Fsp3) is 0.524. The van der Waals surface area contributed by atoms with Gasteiger partial charge in [-0.05, 0) is 85.9 Å². The zero-order valence-corrected chi connectivity index (χ0v) is 32.6. The third-order valence-corrected chi connectivity index (χ3v) is 13.0. The van der Waals surface area contributed by atoms with Crippen LogP contribution in [0.1, 0.15) is 55.1 Å². The van der Waals surface area contributed by atoms with Gasteiger partial charge in [0.2, 0.25) is 5.91 Å². The number of benzene rings is 3. The Hall–Kier alpha value is -3.53. The summed E-state index contributed by atoms with van der Waals surface area (Å²) >= 11 is 1.81. The molecule has 0 radical (unpaired) electrons. The number of ether oxygens (including phenoxy) is 1. The van der Waals surface area contributed by atoms with Crippen LogP contribution in [0, 0.1) is 23.2 Å². The molecule has 6 atom stereocenters. The maximum atomic E-state index is 13.9. The van der Waals surface area contributed by atoms with E-state index in [0.29, 0.717) is 35.3 Å². The van der Waals surface area contributed by atoms with Crippen LogP contribution in [0.25, 0.3) is 11.1 Å². The third-order valence-electron chi connectivity index (χ3n) is 11.9. The fourth-order valence-electron chi connectivity index (χ4n) is 8.82. The van der Waals surface area contributed by atoms with E-state index in [-0.39, 0.29) is 29.9 Å². The average molecular weight is 712 g/mol. The number of likely N-dealkylation sites (N-methyl/N-ethyl adjacent to an activating group) is 1. The van der Waals surface area contributed by atoms with Crippen LogP contribution in [0.3, 0.4) is 0 Å². The van der Waals surface area contributed by atoms with Crippen LogP contribution in [0.5, 0.6) is 5.75 Å². The van der Waals surface area contributed by atoms with Gasteiger partial charge in [0.15, 0.2) is 0 Å². The summed E-state index contributed by atoms with van der Waals surface area (Å²) in [5.74, 6) is 4.30. The van der Waals surface area contributed by atoms with E-state index in [1.54, 1.807) is 7.11 Å². The van der Waals surface area contributed by atoms with E-state index in [1.807, 2.05) is 75.2 Å². The first-order valence-electron chi connectivity index (χ1n) is 18.5. The van der Waals surface area contributed by atoms with Crippen molar-refractivity contribution in [2.45, 2.75) is 64.7 Å². The standard InChI is InChI=1S/C42H57N5O3S/c1-27-36-21-32(42(36,2)3)22-37(27)44-41(49)38-25-51-26-47(38)23-29-15-12-16-35(39(29)50-8)30-18-31(20-34(19-30)46(6)7)40(48)43-33(24-45(4)5)17-28-13-10-9-11-14-28/h9-16,18-20,27,32-33,36-38H,17,21-26H2,1-8H3,(H,43,48)(H,44,49)/t27-,32-,33-,36-,37-,38-/m0/s1. The summed E-state index contributed by atoms with van der Waals surface area (Å²) in [6, 6.07) is 22.6. The fourth-order valence-corrected chi connectivity index (χ4v) is 10.0. The van der Waals surface area contributed by atoms with Gasteiger partial charge in [0, 0.05) is 73.3 Å². The molecular formula is C42H57N5O3S. The molecule has 2 bridgehead atoms. The Morgan fingerprint density at radius 3 is 2.45 bits per heavy atom. The summed E-state index contributed by atoms with van der Waals surface area (Å²) in [6.07, 6.45) is 3.13. The quantitative estimate of drug-likeness (QED) is 0.213. The minimum Gasteiger partial charge on any atom is -0.496 e. The SMILES string of the molecule is COc1c(CN2CSC[C@H]2C(=O)N[C@H]2C[C@@H]3C[C@@H]([C@@H]2C)C3(C)C)cccc1-c1cc(C(=O)N[C@@H](Cc2ccccc2)CN(C)C)cc(N(C)C)c1. The minimum absolute atomic E-state index is 0.0541. The van der Waals surface area contributed by atoms with E-state index in [2.05, 4.69) is 77.6 Å². The van der Waals surface area contributed by atoms with Crippen molar-refractivity contribution in [3.8, 4) is 16.9 Å². The largest absolute Gasteiger partial charge is 0.496 e. The van der Waals surface area contributed by atoms with Gasteiger partial charge in [-0.15, -0.1) is 11.8 Å². The summed E-state index contributed by atoms with van der Waals surface area (Å²) in [4.78, 5) is 34.1. The molecular weight excluding hydrogens is 655 g/mol. The third kappa shape index (κ3) is 8.11. The van der Waals surface area contributed by atoms with Gasteiger partial charge in [-0.25, -0.2) is 0 Å². The first kappa shape index (κ1) is 37.2. The number of anilines is 1. The van der Waals surface area contributed by atoms with Crippen molar-refractivity contribution in [1.82, 2.24) is 20.4 Å². The molecule has 0 aromatic heterocycles. The molecule has 2 amide bonds. The number of nitrogens with one attached hydrogen (secondary N) is 2. The summed E-state index contributed by atoms with van der Waals surface area (Å²) in [7, 11) is 9.76. The maximum Gasteiger partial charge on any atom is 0.251 e. The lowest BCUT2D eigenvalue weighted by molar-refractivity contribution is -0.136. The van der Waals surface area contributed by atoms with Gasteiger partial charge in [-0.2, -0.15) is 0 Å². The van der Waals surface area contributed by atoms with Gasteiger partial charge in [-0.3, -0.25) is 14.5 Å². The molecule has 8 nitrogen and oxygen atoms in total. The molecule has 0 spiro atoms. The highest BCUT2D eigenvalue weighted by atomic mass is 32.2. The molecule has 3 saturated carbocycles. The molecule has 1 saturated heterocycles. The Morgan fingerprint density at radius 2 is 1.78 bits per heavy atom. The maximum absolute atomic E-state index is 13.9. The Morgan fingerprint density at radius 1 is 1.02 bits per heavy atom. The number of nitrogens with zero attached hydrogens (tertiary/aromatic N) is 3. The van der Waals surface area contributed by atoms with Crippen molar-refractivity contribution in [2.75, 3.05) is 58.4 Å². The zero-order valence-electron chi connectivity index (χ0n) is 31.7. The van der Waals surface area contributed by atoms with E-state index < -0.39 is 0 Å². The molecule has 51 heavy (non-hydrogen) atoms. The lowest BCUT2D eigenvalue weighted by Gasteiger charge is -2.62. The molecule has 0 unspecified atom stereocenters. The summed E-state index contributed by atoms with van der Waals surface area (Å²) in [6.45, 7) is 8.46. The molecule has 3 aromatic carbocycles. The highest BCUT2D eigenvalue weighted by molar-refractivity contribution is 7.99. The number of rotatable bonds is 13. The van der Waals surface area contributed by atoms with E-state index in [4.69, 9.17) is 4.74 Å². The Balaban J connectivity index is 1.21.